The molecule has 0 saturated carbocycles. The van der Waals surface area contributed by atoms with Crippen LogP contribution in [0.25, 0.3) is 0 Å². The molecule has 0 bridgehead atoms. The Morgan fingerprint density at radius 1 is 1.20 bits per heavy atom. The van der Waals surface area contributed by atoms with E-state index in [-0.39, 0.29) is 0 Å². The molecule has 0 aliphatic carbocycles. The molecule has 3 nitrogen and oxygen atoms in total. The van der Waals surface area contributed by atoms with Crippen LogP contribution in [0.1, 0.15) is 33.6 Å². The Kier molecular flexibility index (Phi) is 4.46. The van der Waals surface area contributed by atoms with Crippen LogP contribution in [0, 0.1) is 11.7 Å². The quantitative estimate of drug-likeness (QED) is 0.813. The van der Waals surface area contributed by atoms with Gasteiger partial charge in [0.25, 0.3) is 0 Å². The van der Waals surface area contributed by atoms with Crippen LogP contribution in [0.5, 0.6) is 0 Å². The summed E-state index contributed by atoms with van der Waals surface area (Å²) in [5, 5.41) is 3.14. The predicted octanol–water partition coefficient (Wildman–Crippen LogP) is 2.85. The van der Waals surface area contributed by atoms with Crippen LogP contribution in [0.4, 0.5) is 10.3 Å². The molecule has 1 rings (SSSR count). The maximum Gasteiger partial charge on any atom is 0.222 e. The third-order valence-corrected chi connectivity index (χ3v) is 2.17. The van der Waals surface area contributed by atoms with Gasteiger partial charge in [0, 0.05) is 6.04 Å². The van der Waals surface area contributed by atoms with Crippen molar-refractivity contribution >= 4 is 5.95 Å². The molecule has 84 valence electrons. The summed E-state index contributed by atoms with van der Waals surface area (Å²) in [6.45, 7) is 6.47. The normalized spacial score (nSPS) is 12.9. The summed E-state index contributed by atoms with van der Waals surface area (Å²) in [6.07, 6.45) is 4.57. The summed E-state index contributed by atoms with van der Waals surface area (Å²) in [5.74, 6) is 0.784. The summed E-state index contributed by atoms with van der Waals surface area (Å²) in [6, 6.07) is 0.317. The Hall–Kier alpha value is -1.19. The van der Waals surface area contributed by atoms with E-state index in [0.29, 0.717) is 17.9 Å². The van der Waals surface area contributed by atoms with E-state index in [1.807, 2.05) is 0 Å². The molecule has 0 amide bonds. The van der Waals surface area contributed by atoms with Gasteiger partial charge >= 0.3 is 0 Å². The van der Waals surface area contributed by atoms with Gasteiger partial charge in [0.15, 0.2) is 5.82 Å². The molecule has 0 fully saturated rings. The summed E-state index contributed by atoms with van der Waals surface area (Å²) in [4.78, 5) is 7.70. The lowest BCUT2D eigenvalue weighted by Crippen LogP contribution is -2.17. The second kappa shape index (κ2) is 5.63. The van der Waals surface area contributed by atoms with Crippen LogP contribution < -0.4 is 5.32 Å². The van der Waals surface area contributed by atoms with E-state index in [4.69, 9.17) is 0 Å². The fourth-order valence-electron chi connectivity index (χ4n) is 1.26. The van der Waals surface area contributed by atoms with Gasteiger partial charge in [-0.1, -0.05) is 13.8 Å². The SMILES string of the molecule is CC(C)CCC(C)Nc1ncc(F)cn1. The van der Waals surface area contributed by atoms with Crippen molar-refractivity contribution in [2.24, 2.45) is 5.92 Å². The number of hydrogen-bond donors (Lipinski definition) is 1. The maximum atomic E-state index is 12.5. The predicted molar refractivity (Wildman–Crippen MR) is 59.1 cm³/mol. The minimum atomic E-state index is -0.407. The third-order valence-electron chi connectivity index (χ3n) is 2.17. The zero-order chi connectivity index (χ0) is 11.3. The summed E-state index contributed by atoms with van der Waals surface area (Å²) in [7, 11) is 0. The lowest BCUT2D eigenvalue weighted by atomic mass is 10.0. The first-order valence-corrected chi connectivity index (χ1v) is 5.32. The highest BCUT2D eigenvalue weighted by Gasteiger charge is 2.05. The minimum absolute atomic E-state index is 0.317. The average Bonchev–Trinajstić information content (AvgIpc) is 2.19. The highest BCUT2D eigenvalue weighted by atomic mass is 19.1. The lowest BCUT2D eigenvalue weighted by Gasteiger charge is -2.14. The Balaban J connectivity index is 2.37. The van der Waals surface area contributed by atoms with E-state index in [9.17, 15) is 4.39 Å². The van der Waals surface area contributed by atoms with Gasteiger partial charge in [0.05, 0.1) is 12.4 Å². The molecular formula is C11H18FN3. The molecule has 0 aliphatic heterocycles. The first-order chi connectivity index (χ1) is 7.08. The van der Waals surface area contributed by atoms with Gasteiger partial charge in [-0.05, 0) is 25.7 Å². The smallest absolute Gasteiger partial charge is 0.222 e. The van der Waals surface area contributed by atoms with Gasteiger partial charge in [-0.25, -0.2) is 14.4 Å². The van der Waals surface area contributed by atoms with Crippen molar-refractivity contribution in [2.75, 3.05) is 5.32 Å². The zero-order valence-electron chi connectivity index (χ0n) is 9.50. The molecule has 0 aliphatic rings. The Morgan fingerprint density at radius 2 is 1.80 bits per heavy atom. The highest BCUT2D eigenvalue weighted by Crippen LogP contribution is 2.09. The number of halogens is 1. The average molecular weight is 211 g/mol. The monoisotopic (exact) mass is 211 g/mol. The first-order valence-electron chi connectivity index (χ1n) is 5.32. The molecule has 1 aromatic heterocycles. The maximum absolute atomic E-state index is 12.5. The van der Waals surface area contributed by atoms with E-state index in [1.54, 1.807) is 0 Å². The molecule has 4 heteroatoms. The molecule has 0 aromatic carbocycles. The van der Waals surface area contributed by atoms with E-state index < -0.39 is 5.82 Å². The fraction of sp³-hybridized carbons (Fsp3) is 0.636. The number of anilines is 1. The fourth-order valence-corrected chi connectivity index (χ4v) is 1.26. The van der Waals surface area contributed by atoms with Crippen molar-refractivity contribution in [1.82, 2.24) is 9.97 Å². The van der Waals surface area contributed by atoms with Gasteiger partial charge in [-0.15, -0.1) is 0 Å². The largest absolute Gasteiger partial charge is 0.352 e. The Morgan fingerprint density at radius 3 is 2.33 bits per heavy atom. The molecule has 0 saturated heterocycles. The third kappa shape index (κ3) is 4.72. The van der Waals surface area contributed by atoms with Crippen LogP contribution in [0.2, 0.25) is 0 Å². The van der Waals surface area contributed by atoms with Crippen molar-refractivity contribution < 1.29 is 4.39 Å². The molecular weight excluding hydrogens is 193 g/mol. The van der Waals surface area contributed by atoms with Crippen LogP contribution in [-0.4, -0.2) is 16.0 Å². The van der Waals surface area contributed by atoms with Gasteiger partial charge < -0.3 is 5.32 Å². The van der Waals surface area contributed by atoms with E-state index in [2.05, 4.69) is 36.1 Å². The van der Waals surface area contributed by atoms with Crippen molar-refractivity contribution in [3.63, 3.8) is 0 Å². The van der Waals surface area contributed by atoms with Crippen molar-refractivity contribution in [3.8, 4) is 0 Å². The Labute approximate surface area is 90.1 Å². The molecule has 1 heterocycles. The van der Waals surface area contributed by atoms with Crippen LogP contribution >= 0.6 is 0 Å². The Bertz CT molecular complexity index is 284. The number of nitrogens with one attached hydrogen (secondary N) is 1. The second-order valence-corrected chi connectivity index (χ2v) is 4.24. The summed E-state index contributed by atoms with van der Waals surface area (Å²) in [5.41, 5.74) is 0. The van der Waals surface area contributed by atoms with Crippen LogP contribution in [0.15, 0.2) is 12.4 Å². The molecule has 1 aromatic rings. The number of hydrogen-bond acceptors (Lipinski definition) is 3. The highest BCUT2D eigenvalue weighted by molar-refractivity contribution is 5.23. The van der Waals surface area contributed by atoms with Gasteiger partial charge in [0.2, 0.25) is 5.95 Å². The summed E-state index contributed by atoms with van der Waals surface area (Å²) >= 11 is 0. The minimum Gasteiger partial charge on any atom is -0.352 e. The van der Waals surface area contributed by atoms with Gasteiger partial charge in [-0.2, -0.15) is 0 Å². The molecule has 0 radical (unpaired) electrons. The molecule has 15 heavy (non-hydrogen) atoms. The zero-order valence-corrected chi connectivity index (χ0v) is 9.50. The van der Waals surface area contributed by atoms with E-state index >= 15 is 0 Å². The standard InChI is InChI=1S/C11H18FN3/c1-8(2)4-5-9(3)15-11-13-6-10(12)7-14-11/h6-9H,4-5H2,1-3H3,(H,13,14,15). The first kappa shape index (κ1) is 11.9. The van der Waals surface area contributed by atoms with E-state index in [1.165, 1.54) is 12.4 Å². The van der Waals surface area contributed by atoms with Gasteiger partial charge in [0.1, 0.15) is 0 Å². The van der Waals surface area contributed by atoms with Crippen molar-refractivity contribution in [3.05, 3.63) is 18.2 Å². The van der Waals surface area contributed by atoms with E-state index in [0.717, 1.165) is 12.8 Å². The van der Waals surface area contributed by atoms with Gasteiger partial charge in [-0.3, -0.25) is 0 Å². The van der Waals surface area contributed by atoms with Crippen LogP contribution in [-0.2, 0) is 0 Å². The summed E-state index contributed by atoms with van der Waals surface area (Å²) < 4.78 is 12.5. The molecule has 1 unspecified atom stereocenters. The van der Waals surface area contributed by atoms with Crippen molar-refractivity contribution in [2.45, 2.75) is 39.7 Å². The van der Waals surface area contributed by atoms with Crippen molar-refractivity contribution in [1.29, 1.82) is 0 Å². The molecule has 0 spiro atoms. The molecule has 1 atom stereocenters. The lowest BCUT2D eigenvalue weighted by molar-refractivity contribution is 0.526. The number of rotatable bonds is 5. The molecule has 1 N–H and O–H groups in total. The van der Waals surface area contributed by atoms with Crippen LogP contribution in [0.3, 0.4) is 0 Å². The topological polar surface area (TPSA) is 37.8 Å². The number of aromatic nitrogens is 2. The second-order valence-electron chi connectivity index (χ2n) is 4.24. The number of nitrogens with zero attached hydrogens (tertiary/aromatic N) is 2.